The number of aliphatic hydroxyl groups is 5. The van der Waals surface area contributed by atoms with Gasteiger partial charge in [0.05, 0.1) is 6.61 Å². The molecular formula is C6H14ClNO6. The van der Waals surface area contributed by atoms with Crippen molar-refractivity contribution < 1.29 is 30.3 Å². The molecule has 0 bridgehead atoms. The van der Waals surface area contributed by atoms with Crippen LogP contribution in [0, 0.1) is 0 Å². The molecule has 7 N–H and O–H groups in total. The smallest absolute Gasteiger partial charge is 0.185 e. The van der Waals surface area contributed by atoms with E-state index in [1.54, 1.807) is 0 Å². The fourth-order valence-corrected chi connectivity index (χ4v) is 1.17. The summed E-state index contributed by atoms with van der Waals surface area (Å²) in [7, 11) is 0. The maximum absolute atomic E-state index is 9.31. The van der Waals surface area contributed by atoms with Crippen molar-refractivity contribution in [2.75, 3.05) is 6.61 Å². The molecule has 86 valence electrons. The van der Waals surface area contributed by atoms with Gasteiger partial charge in [-0.2, -0.15) is 0 Å². The van der Waals surface area contributed by atoms with Gasteiger partial charge in [-0.15, -0.1) is 12.4 Å². The molecule has 1 rings (SSSR count). The first-order chi connectivity index (χ1) is 5.91. The Morgan fingerprint density at radius 1 is 1.21 bits per heavy atom. The van der Waals surface area contributed by atoms with Gasteiger partial charge in [-0.25, -0.2) is 0 Å². The Bertz CT molecular complexity index is 191. The first-order valence-electron chi connectivity index (χ1n) is 3.73. The van der Waals surface area contributed by atoms with Crippen molar-refractivity contribution in [2.45, 2.75) is 30.3 Å². The standard InChI is InChI=1S/C6H13NO6.ClH/c7-6(12)3(9)2(1-8)13-5(11)4(6)10;/h2-5,8-12H,1,7H2;1H/t2-,3+,4+,5?,6+;/m1./s1. The number of rotatable bonds is 1. The van der Waals surface area contributed by atoms with Crippen LogP contribution in [0.25, 0.3) is 0 Å². The highest BCUT2D eigenvalue weighted by Gasteiger charge is 2.52. The maximum atomic E-state index is 9.31. The van der Waals surface area contributed by atoms with Crippen molar-refractivity contribution in [3.8, 4) is 0 Å². The summed E-state index contributed by atoms with van der Waals surface area (Å²) in [5, 5.41) is 45.3. The van der Waals surface area contributed by atoms with Gasteiger partial charge in [-0.3, -0.25) is 5.73 Å². The zero-order chi connectivity index (χ0) is 10.2. The summed E-state index contributed by atoms with van der Waals surface area (Å²) in [6.07, 6.45) is -6.41. The van der Waals surface area contributed by atoms with Crippen LogP contribution >= 0.6 is 12.4 Å². The summed E-state index contributed by atoms with van der Waals surface area (Å²) in [6.45, 7) is -0.621. The van der Waals surface area contributed by atoms with Crippen LogP contribution in [0.15, 0.2) is 0 Å². The minimum absolute atomic E-state index is 0. The van der Waals surface area contributed by atoms with E-state index in [0.717, 1.165) is 0 Å². The summed E-state index contributed by atoms with van der Waals surface area (Å²) in [5.74, 6) is 0. The molecule has 1 fully saturated rings. The first kappa shape index (κ1) is 14.0. The SMILES string of the molecule is Cl.N[C@@]1(O)[C@@H](O)C(O)O[C@H](CO)[C@@H]1O. The zero-order valence-corrected chi connectivity index (χ0v) is 7.96. The number of hydrogen-bond donors (Lipinski definition) is 6. The Kier molecular flexibility index (Phi) is 4.69. The van der Waals surface area contributed by atoms with Gasteiger partial charge in [0.25, 0.3) is 0 Å². The average Bonchev–Trinajstić information content (AvgIpc) is 2.09. The van der Waals surface area contributed by atoms with Crippen molar-refractivity contribution >= 4 is 12.4 Å². The summed E-state index contributed by atoms with van der Waals surface area (Å²) >= 11 is 0. The minimum Gasteiger partial charge on any atom is -0.394 e. The van der Waals surface area contributed by atoms with Crippen molar-refractivity contribution in [3.63, 3.8) is 0 Å². The summed E-state index contributed by atoms with van der Waals surface area (Å²) in [5.41, 5.74) is 2.74. The lowest BCUT2D eigenvalue weighted by atomic mass is 9.93. The van der Waals surface area contributed by atoms with Crippen molar-refractivity contribution in [1.82, 2.24) is 0 Å². The number of ether oxygens (including phenoxy) is 1. The predicted molar refractivity (Wildman–Crippen MR) is 46.4 cm³/mol. The van der Waals surface area contributed by atoms with E-state index in [1.807, 2.05) is 0 Å². The van der Waals surface area contributed by atoms with Crippen LogP contribution in [0.3, 0.4) is 0 Å². The predicted octanol–water partition coefficient (Wildman–Crippen LogP) is -3.51. The second-order valence-corrected chi connectivity index (χ2v) is 3.02. The van der Waals surface area contributed by atoms with E-state index in [1.165, 1.54) is 0 Å². The molecule has 0 radical (unpaired) electrons. The van der Waals surface area contributed by atoms with Gasteiger partial charge >= 0.3 is 0 Å². The molecule has 0 aliphatic carbocycles. The van der Waals surface area contributed by atoms with E-state index in [9.17, 15) is 10.2 Å². The molecule has 1 heterocycles. The third kappa shape index (κ3) is 2.15. The highest BCUT2D eigenvalue weighted by atomic mass is 35.5. The van der Waals surface area contributed by atoms with Gasteiger partial charge in [0.1, 0.15) is 18.3 Å². The molecule has 8 heteroatoms. The Morgan fingerprint density at radius 2 is 1.71 bits per heavy atom. The molecule has 1 saturated heterocycles. The van der Waals surface area contributed by atoms with Crippen LogP contribution in [0.1, 0.15) is 0 Å². The lowest BCUT2D eigenvalue weighted by Crippen LogP contribution is -2.71. The van der Waals surface area contributed by atoms with Crippen LogP contribution in [0.5, 0.6) is 0 Å². The van der Waals surface area contributed by atoms with E-state index in [0.29, 0.717) is 0 Å². The summed E-state index contributed by atoms with van der Waals surface area (Å²) < 4.78 is 4.56. The fourth-order valence-electron chi connectivity index (χ4n) is 1.17. The average molecular weight is 232 g/mol. The largest absolute Gasteiger partial charge is 0.394 e. The van der Waals surface area contributed by atoms with Crippen molar-refractivity contribution in [2.24, 2.45) is 5.73 Å². The fraction of sp³-hybridized carbons (Fsp3) is 1.00. The van der Waals surface area contributed by atoms with Gasteiger partial charge in [0.15, 0.2) is 12.0 Å². The molecule has 0 amide bonds. The highest BCUT2D eigenvalue weighted by Crippen LogP contribution is 2.24. The van der Waals surface area contributed by atoms with Crippen molar-refractivity contribution in [1.29, 1.82) is 0 Å². The van der Waals surface area contributed by atoms with E-state index >= 15 is 0 Å². The first-order valence-corrected chi connectivity index (χ1v) is 3.73. The Balaban J connectivity index is 0.00000169. The molecule has 1 aliphatic rings. The third-order valence-corrected chi connectivity index (χ3v) is 2.06. The van der Waals surface area contributed by atoms with E-state index < -0.39 is 36.9 Å². The molecule has 0 spiro atoms. The highest BCUT2D eigenvalue weighted by molar-refractivity contribution is 5.85. The van der Waals surface area contributed by atoms with Crippen LogP contribution in [-0.2, 0) is 4.74 Å². The van der Waals surface area contributed by atoms with E-state index in [4.69, 9.17) is 21.1 Å². The Morgan fingerprint density at radius 3 is 2.14 bits per heavy atom. The van der Waals surface area contributed by atoms with Gasteiger partial charge in [-0.05, 0) is 0 Å². The van der Waals surface area contributed by atoms with Gasteiger partial charge in [0.2, 0.25) is 0 Å². The van der Waals surface area contributed by atoms with Gasteiger partial charge in [0, 0.05) is 0 Å². The molecule has 0 aromatic heterocycles. The van der Waals surface area contributed by atoms with Crippen LogP contribution in [-0.4, -0.2) is 62.5 Å². The van der Waals surface area contributed by atoms with Crippen molar-refractivity contribution in [3.05, 3.63) is 0 Å². The molecule has 1 aliphatic heterocycles. The Hall–Kier alpha value is 0.01000. The molecule has 1 unspecified atom stereocenters. The van der Waals surface area contributed by atoms with Crippen LogP contribution in [0.2, 0.25) is 0 Å². The van der Waals surface area contributed by atoms with Gasteiger partial charge < -0.3 is 30.3 Å². The molecule has 5 atom stereocenters. The lowest BCUT2D eigenvalue weighted by molar-refractivity contribution is -0.320. The Labute approximate surface area is 86.1 Å². The molecule has 0 aromatic rings. The second-order valence-electron chi connectivity index (χ2n) is 3.02. The molecule has 0 saturated carbocycles. The summed E-state index contributed by atoms with van der Waals surface area (Å²) in [6, 6.07) is 0. The summed E-state index contributed by atoms with van der Waals surface area (Å²) in [4.78, 5) is 0. The quantitative estimate of drug-likeness (QED) is 0.258. The van der Waals surface area contributed by atoms with E-state index in [-0.39, 0.29) is 12.4 Å². The number of aliphatic hydroxyl groups excluding tert-OH is 4. The number of halogens is 1. The topological polar surface area (TPSA) is 136 Å². The van der Waals surface area contributed by atoms with Crippen LogP contribution < -0.4 is 5.73 Å². The maximum Gasteiger partial charge on any atom is 0.185 e. The van der Waals surface area contributed by atoms with E-state index in [2.05, 4.69) is 4.74 Å². The lowest BCUT2D eigenvalue weighted by Gasteiger charge is -2.43. The normalized spacial score (nSPS) is 48.4. The third-order valence-electron chi connectivity index (χ3n) is 2.06. The monoisotopic (exact) mass is 231 g/mol. The molecule has 0 aromatic carbocycles. The number of nitrogens with two attached hydrogens (primary N) is 1. The zero-order valence-electron chi connectivity index (χ0n) is 7.15. The molecular weight excluding hydrogens is 218 g/mol. The molecule has 14 heavy (non-hydrogen) atoms. The number of hydrogen-bond acceptors (Lipinski definition) is 7. The second kappa shape index (κ2) is 4.69. The van der Waals surface area contributed by atoms with Crippen LogP contribution in [0.4, 0.5) is 0 Å². The van der Waals surface area contributed by atoms with Gasteiger partial charge in [-0.1, -0.05) is 0 Å². The minimum atomic E-state index is -2.38. The molecule has 7 nitrogen and oxygen atoms in total.